The summed E-state index contributed by atoms with van der Waals surface area (Å²) < 4.78 is 41.8. The number of carbonyl (C=O) groups excluding carboxylic acids is 1. The van der Waals surface area contributed by atoms with Crippen molar-refractivity contribution in [3.05, 3.63) is 23.0 Å². The summed E-state index contributed by atoms with van der Waals surface area (Å²) in [4.78, 5) is 10.5. The SMILES string of the molecule is CC(=O)Nc1cc(F)c(S(=O)(=O)NC(CN)C2CCCC2)cc1Cl.Cl. The molecule has 6 nitrogen and oxygen atoms in total. The van der Waals surface area contributed by atoms with Crippen LogP contribution in [0.1, 0.15) is 32.6 Å². The molecule has 0 saturated heterocycles. The molecule has 0 aromatic heterocycles. The van der Waals surface area contributed by atoms with Gasteiger partial charge in [0.15, 0.2) is 0 Å². The van der Waals surface area contributed by atoms with Crippen molar-refractivity contribution < 1.29 is 17.6 Å². The van der Waals surface area contributed by atoms with Crippen molar-refractivity contribution in [3.63, 3.8) is 0 Å². The van der Waals surface area contributed by atoms with Crippen LogP contribution in [0.5, 0.6) is 0 Å². The van der Waals surface area contributed by atoms with E-state index in [0.29, 0.717) is 0 Å². The molecule has 1 aromatic rings. The van der Waals surface area contributed by atoms with E-state index < -0.39 is 32.7 Å². The first-order valence-electron chi connectivity index (χ1n) is 7.73. The summed E-state index contributed by atoms with van der Waals surface area (Å²) in [5.41, 5.74) is 5.71. The molecule has 0 aliphatic heterocycles. The molecule has 0 bridgehead atoms. The van der Waals surface area contributed by atoms with Crippen molar-refractivity contribution in [2.45, 2.75) is 43.5 Å². The Balaban J connectivity index is 0.00000312. The second-order valence-corrected chi connectivity index (χ2v) is 8.04. The number of sulfonamides is 1. The molecular formula is C15H22Cl2FN3O3S. The number of anilines is 1. The molecule has 1 aromatic carbocycles. The second kappa shape index (κ2) is 9.14. The Morgan fingerprint density at radius 2 is 2.00 bits per heavy atom. The molecule has 4 N–H and O–H groups in total. The summed E-state index contributed by atoms with van der Waals surface area (Å²) in [6.07, 6.45) is 3.87. The molecule has 2 rings (SSSR count). The largest absolute Gasteiger partial charge is 0.329 e. The lowest BCUT2D eigenvalue weighted by atomic mass is 9.99. The number of halogens is 3. The summed E-state index contributed by atoms with van der Waals surface area (Å²) in [7, 11) is -4.11. The molecule has 1 aliphatic rings. The van der Waals surface area contributed by atoms with E-state index in [1.807, 2.05) is 0 Å². The Hall–Kier alpha value is -0.930. The first kappa shape index (κ1) is 22.1. The third kappa shape index (κ3) is 5.52. The van der Waals surface area contributed by atoms with Crippen molar-refractivity contribution in [2.75, 3.05) is 11.9 Å². The average Bonchev–Trinajstić information content (AvgIpc) is 3.01. The quantitative estimate of drug-likeness (QED) is 0.666. The van der Waals surface area contributed by atoms with Gasteiger partial charge in [-0.25, -0.2) is 17.5 Å². The van der Waals surface area contributed by atoms with Crippen molar-refractivity contribution in [1.29, 1.82) is 0 Å². The van der Waals surface area contributed by atoms with Crippen LogP contribution in [0.3, 0.4) is 0 Å². The van der Waals surface area contributed by atoms with E-state index in [2.05, 4.69) is 10.0 Å². The first-order chi connectivity index (χ1) is 11.2. The zero-order chi connectivity index (χ0) is 17.9. The number of benzene rings is 1. The highest BCUT2D eigenvalue weighted by molar-refractivity contribution is 7.89. The Bertz CT molecular complexity index is 725. The molecule has 0 spiro atoms. The fourth-order valence-electron chi connectivity index (χ4n) is 2.98. The van der Waals surface area contributed by atoms with E-state index in [4.69, 9.17) is 17.3 Å². The van der Waals surface area contributed by atoms with Crippen molar-refractivity contribution in [2.24, 2.45) is 11.7 Å². The average molecular weight is 414 g/mol. The van der Waals surface area contributed by atoms with Crippen molar-refractivity contribution >= 4 is 45.6 Å². The number of nitrogens with two attached hydrogens (primary N) is 1. The Morgan fingerprint density at radius 1 is 1.40 bits per heavy atom. The van der Waals surface area contributed by atoms with Crippen LogP contribution in [0.4, 0.5) is 10.1 Å². The number of hydrogen-bond acceptors (Lipinski definition) is 4. The predicted octanol–water partition coefficient (Wildman–Crippen LogP) is 2.66. The van der Waals surface area contributed by atoms with Crippen LogP contribution in [0.25, 0.3) is 0 Å². The molecule has 0 heterocycles. The van der Waals surface area contributed by atoms with Crippen LogP contribution in [0, 0.1) is 11.7 Å². The summed E-state index contributed by atoms with van der Waals surface area (Å²) in [6.45, 7) is 1.39. The smallest absolute Gasteiger partial charge is 0.243 e. The number of amides is 1. The molecule has 1 amide bonds. The number of nitrogens with one attached hydrogen (secondary N) is 2. The van der Waals surface area contributed by atoms with Crippen LogP contribution in [-0.2, 0) is 14.8 Å². The Kier molecular flexibility index (Phi) is 8.08. The van der Waals surface area contributed by atoms with Crippen LogP contribution in [0.2, 0.25) is 5.02 Å². The minimum atomic E-state index is -4.11. The van der Waals surface area contributed by atoms with Crippen molar-refractivity contribution in [1.82, 2.24) is 4.72 Å². The summed E-state index contributed by atoms with van der Waals surface area (Å²) in [5, 5.41) is 2.28. The van der Waals surface area contributed by atoms with Gasteiger partial charge >= 0.3 is 0 Å². The molecule has 1 aliphatic carbocycles. The third-order valence-electron chi connectivity index (χ3n) is 4.15. The minimum Gasteiger partial charge on any atom is -0.329 e. The molecule has 142 valence electrons. The zero-order valence-electron chi connectivity index (χ0n) is 13.7. The van der Waals surface area contributed by atoms with E-state index in [-0.39, 0.29) is 35.6 Å². The summed E-state index contributed by atoms with van der Waals surface area (Å²) >= 11 is 5.95. The highest BCUT2D eigenvalue weighted by Gasteiger charge is 2.30. The molecule has 25 heavy (non-hydrogen) atoms. The highest BCUT2D eigenvalue weighted by Crippen LogP contribution is 2.30. The van der Waals surface area contributed by atoms with Gasteiger partial charge in [0.05, 0.1) is 10.7 Å². The third-order valence-corrected chi connectivity index (χ3v) is 5.97. The van der Waals surface area contributed by atoms with Gasteiger partial charge in [-0.1, -0.05) is 24.4 Å². The monoisotopic (exact) mass is 413 g/mol. The highest BCUT2D eigenvalue weighted by atomic mass is 35.5. The molecule has 1 fully saturated rings. The van der Waals surface area contributed by atoms with Crippen molar-refractivity contribution in [3.8, 4) is 0 Å². The molecule has 0 radical (unpaired) electrons. The van der Waals surface area contributed by atoms with E-state index in [0.717, 1.165) is 37.8 Å². The fourth-order valence-corrected chi connectivity index (χ4v) is 4.66. The molecule has 1 saturated carbocycles. The minimum absolute atomic E-state index is 0. The van der Waals surface area contributed by atoms with Gasteiger partial charge in [0.2, 0.25) is 15.9 Å². The van der Waals surface area contributed by atoms with Crippen LogP contribution >= 0.6 is 24.0 Å². The Labute approximate surface area is 158 Å². The lowest BCUT2D eigenvalue weighted by Gasteiger charge is -2.23. The van der Waals surface area contributed by atoms with Gasteiger partial charge in [-0.05, 0) is 24.8 Å². The second-order valence-electron chi connectivity index (χ2n) is 5.95. The normalized spacial score (nSPS) is 16.3. The van der Waals surface area contributed by atoms with Crippen LogP contribution in [-0.4, -0.2) is 26.9 Å². The van der Waals surface area contributed by atoms with Crippen LogP contribution < -0.4 is 15.8 Å². The summed E-state index contributed by atoms with van der Waals surface area (Å²) in [6, 6.07) is 1.45. The number of hydrogen-bond donors (Lipinski definition) is 3. The first-order valence-corrected chi connectivity index (χ1v) is 9.59. The Morgan fingerprint density at radius 3 is 2.52 bits per heavy atom. The maximum atomic E-state index is 14.2. The topological polar surface area (TPSA) is 101 Å². The standard InChI is InChI=1S/C15H21ClFN3O3S.ClH/c1-9(21)19-13-7-12(17)15(6-11(13)16)24(22,23)20-14(8-18)10-4-2-3-5-10;/h6-7,10,14,20H,2-5,8,18H2,1H3,(H,19,21);1H. The molecule has 1 atom stereocenters. The lowest BCUT2D eigenvalue weighted by molar-refractivity contribution is -0.114. The number of carbonyl (C=O) groups is 1. The van der Waals surface area contributed by atoms with Gasteiger partial charge in [0.1, 0.15) is 10.7 Å². The molecule has 1 unspecified atom stereocenters. The number of rotatable bonds is 6. The van der Waals surface area contributed by atoms with Crippen LogP contribution in [0.15, 0.2) is 17.0 Å². The molecule has 10 heteroatoms. The lowest BCUT2D eigenvalue weighted by Crippen LogP contribution is -2.44. The van der Waals surface area contributed by atoms with Gasteiger partial charge in [-0.3, -0.25) is 4.79 Å². The maximum absolute atomic E-state index is 14.2. The van der Waals surface area contributed by atoms with E-state index in [9.17, 15) is 17.6 Å². The zero-order valence-corrected chi connectivity index (χ0v) is 16.1. The van der Waals surface area contributed by atoms with Gasteiger partial charge in [0.25, 0.3) is 0 Å². The summed E-state index contributed by atoms with van der Waals surface area (Å²) in [5.74, 6) is -1.27. The van der Waals surface area contributed by atoms with Gasteiger partial charge in [-0.15, -0.1) is 12.4 Å². The van der Waals surface area contributed by atoms with E-state index in [1.54, 1.807) is 0 Å². The molecular weight excluding hydrogens is 392 g/mol. The van der Waals surface area contributed by atoms with E-state index >= 15 is 0 Å². The fraction of sp³-hybridized carbons (Fsp3) is 0.533. The van der Waals surface area contributed by atoms with Gasteiger partial charge < -0.3 is 11.1 Å². The van der Waals surface area contributed by atoms with E-state index in [1.165, 1.54) is 6.92 Å². The van der Waals surface area contributed by atoms with Gasteiger partial charge in [-0.2, -0.15) is 0 Å². The predicted molar refractivity (Wildman–Crippen MR) is 98.1 cm³/mol. The van der Waals surface area contributed by atoms with Gasteiger partial charge in [0, 0.05) is 25.6 Å². The maximum Gasteiger partial charge on any atom is 0.243 e.